The van der Waals surface area contributed by atoms with Crippen LogP contribution in [0.2, 0.25) is 0 Å². The van der Waals surface area contributed by atoms with E-state index in [9.17, 15) is 4.79 Å². The minimum absolute atomic E-state index is 0. The van der Waals surface area contributed by atoms with Crippen molar-refractivity contribution in [1.82, 2.24) is 9.80 Å². The van der Waals surface area contributed by atoms with Crippen LogP contribution in [0.5, 0.6) is 0 Å². The number of rotatable bonds is 0. The van der Waals surface area contributed by atoms with E-state index in [4.69, 9.17) is 0 Å². The molecular formula is C15H24N2O2. The van der Waals surface area contributed by atoms with Crippen molar-refractivity contribution in [2.75, 3.05) is 19.6 Å². The Morgan fingerprint density at radius 2 is 1.95 bits per heavy atom. The summed E-state index contributed by atoms with van der Waals surface area (Å²) in [5, 5.41) is 0. The molecule has 2 N–H and O–H groups in total. The molecule has 0 radical (unpaired) electrons. The Morgan fingerprint density at radius 3 is 2.79 bits per heavy atom. The molecule has 19 heavy (non-hydrogen) atoms. The Labute approximate surface area is 114 Å². The van der Waals surface area contributed by atoms with Crippen molar-refractivity contribution >= 4 is 5.91 Å². The van der Waals surface area contributed by atoms with Gasteiger partial charge in [-0.05, 0) is 63.1 Å². The summed E-state index contributed by atoms with van der Waals surface area (Å²) in [6.45, 7) is 3.62. The van der Waals surface area contributed by atoms with Crippen LogP contribution in [0.15, 0.2) is 12.2 Å². The van der Waals surface area contributed by atoms with Gasteiger partial charge in [0.05, 0.1) is 0 Å². The quantitative estimate of drug-likeness (QED) is 0.650. The maximum atomic E-state index is 12.1. The van der Waals surface area contributed by atoms with Crippen molar-refractivity contribution in [3.8, 4) is 0 Å². The molecule has 0 aromatic heterocycles. The van der Waals surface area contributed by atoms with Gasteiger partial charge in [0.1, 0.15) is 0 Å². The van der Waals surface area contributed by atoms with Crippen LogP contribution in [0, 0.1) is 11.8 Å². The van der Waals surface area contributed by atoms with Crippen molar-refractivity contribution in [3.63, 3.8) is 0 Å². The summed E-state index contributed by atoms with van der Waals surface area (Å²) in [5.41, 5.74) is 0. The van der Waals surface area contributed by atoms with E-state index in [0.717, 1.165) is 30.8 Å². The van der Waals surface area contributed by atoms with Gasteiger partial charge in [-0.3, -0.25) is 9.69 Å². The molecule has 4 rings (SSSR count). The average Bonchev–Trinajstić information content (AvgIpc) is 2.41. The normalized spacial score (nSPS) is 41.3. The van der Waals surface area contributed by atoms with Crippen LogP contribution in [-0.2, 0) is 4.79 Å². The van der Waals surface area contributed by atoms with Gasteiger partial charge in [0.2, 0.25) is 5.91 Å². The second kappa shape index (κ2) is 4.91. The van der Waals surface area contributed by atoms with Crippen molar-refractivity contribution in [1.29, 1.82) is 0 Å². The third-order valence-corrected chi connectivity index (χ3v) is 5.59. The monoisotopic (exact) mass is 264 g/mol. The lowest BCUT2D eigenvalue weighted by Gasteiger charge is -2.57. The number of hydrogen-bond acceptors (Lipinski definition) is 2. The van der Waals surface area contributed by atoms with Crippen LogP contribution in [0.3, 0.4) is 0 Å². The van der Waals surface area contributed by atoms with E-state index in [1.165, 1.54) is 38.8 Å². The number of hydrogen-bond donors (Lipinski definition) is 0. The number of fused-ring (bicyclic) bond motifs is 2. The number of carbonyl (C=O) groups is 1. The molecule has 4 unspecified atom stereocenters. The van der Waals surface area contributed by atoms with Gasteiger partial charge in [-0.2, -0.15) is 0 Å². The highest BCUT2D eigenvalue weighted by Crippen LogP contribution is 2.43. The van der Waals surface area contributed by atoms with E-state index < -0.39 is 0 Å². The zero-order chi connectivity index (χ0) is 12.1. The van der Waals surface area contributed by atoms with Gasteiger partial charge in [0, 0.05) is 18.6 Å². The molecule has 1 amide bonds. The van der Waals surface area contributed by atoms with Gasteiger partial charge >= 0.3 is 0 Å². The topological polar surface area (TPSA) is 55.1 Å². The van der Waals surface area contributed by atoms with Gasteiger partial charge in [-0.25, -0.2) is 0 Å². The first-order chi connectivity index (χ1) is 8.84. The van der Waals surface area contributed by atoms with E-state index in [-0.39, 0.29) is 11.4 Å². The number of amides is 1. The molecule has 3 fully saturated rings. The van der Waals surface area contributed by atoms with Crippen molar-refractivity contribution in [2.24, 2.45) is 11.8 Å². The van der Waals surface area contributed by atoms with E-state index in [0.29, 0.717) is 6.04 Å². The molecule has 0 saturated carbocycles. The molecule has 0 aromatic carbocycles. The smallest absolute Gasteiger partial charge is 0.246 e. The molecule has 3 saturated heterocycles. The fraction of sp³-hybridized carbons (Fsp3) is 0.800. The fourth-order valence-electron chi connectivity index (χ4n) is 4.95. The first kappa shape index (κ1) is 13.1. The van der Waals surface area contributed by atoms with E-state index in [1.54, 1.807) is 6.08 Å². The summed E-state index contributed by atoms with van der Waals surface area (Å²) < 4.78 is 0. The molecule has 0 bridgehead atoms. The minimum atomic E-state index is 0. The first-order valence-electron chi connectivity index (χ1n) is 7.56. The Kier molecular flexibility index (Phi) is 3.39. The number of carbonyl (C=O) groups excluding carboxylic acids is 1. The standard InChI is InChI=1S/C15H22N2O.H2O/c18-14-7-1-6-13-12-5-3-9-16-8-2-4-11(15(12)16)10-17(13)14;/h1,7,11-13,15H,2-6,8-10H2;1H2. The highest BCUT2D eigenvalue weighted by atomic mass is 16.2. The molecule has 106 valence electrons. The predicted octanol–water partition coefficient (Wildman–Crippen LogP) is 0.823. The summed E-state index contributed by atoms with van der Waals surface area (Å²) in [6, 6.07) is 1.29. The summed E-state index contributed by atoms with van der Waals surface area (Å²) in [5.74, 6) is 1.76. The molecule has 4 nitrogen and oxygen atoms in total. The molecule has 4 aliphatic rings. The molecule has 0 aliphatic carbocycles. The van der Waals surface area contributed by atoms with E-state index in [2.05, 4.69) is 15.9 Å². The highest BCUT2D eigenvalue weighted by Gasteiger charge is 2.49. The lowest BCUT2D eigenvalue weighted by molar-refractivity contribution is -0.141. The highest BCUT2D eigenvalue weighted by molar-refractivity contribution is 5.88. The van der Waals surface area contributed by atoms with Crippen molar-refractivity contribution in [2.45, 2.75) is 44.2 Å². The lowest BCUT2D eigenvalue weighted by Crippen LogP contribution is -2.65. The summed E-state index contributed by atoms with van der Waals surface area (Å²) in [4.78, 5) is 17.0. The molecule has 4 aliphatic heterocycles. The Morgan fingerprint density at radius 1 is 1.16 bits per heavy atom. The average molecular weight is 264 g/mol. The van der Waals surface area contributed by atoms with E-state index in [1.807, 2.05) is 0 Å². The Bertz CT molecular complexity index is 394. The van der Waals surface area contributed by atoms with Crippen LogP contribution in [0.1, 0.15) is 32.1 Å². The molecule has 4 heteroatoms. The van der Waals surface area contributed by atoms with Crippen molar-refractivity contribution in [3.05, 3.63) is 12.2 Å². The molecule has 4 atom stereocenters. The summed E-state index contributed by atoms with van der Waals surface area (Å²) >= 11 is 0. The Hall–Kier alpha value is -0.870. The van der Waals surface area contributed by atoms with Crippen LogP contribution in [0.25, 0.3) is 0 Å². The van der Waals surface area contributed by atoms with Crippen LogP contribution < -0.4 is 0 Å². The molecule has 0 spiro atoms. The third-order valence-electron chi connectivity index (χ3n) is 5.59. The third kappa shape index (κ3) is 1.93. The summed E-state index contributed by atoms with van der Waals surface area (Å²) in [6.07, 6.45) is 10.3. The van der Waals surface area contributed by atoms with E-state index >= 15 is 0 Å². The zero-order valence-corrected chi connectivity index (χ0v) is 11.4. The largest absolute Gasteiger partial charge is 0.412 e. The molecule has 0 aromatic rings. The second-order valence-corrected chi connectivity index (χ2v) is 6.43. The van der Waals surface area contributed by atoms with Gasteiger partial charge in [-0.15, -0.1) is 0 Å². The van der Waals surface area contributed by atoms with Gasteiger partial charge in [0.25, 0.3) is 0 Å². The minimum Gasteiger partial charge on any atom is -0.412 e. The van der Waals surface area contributed by atoms with Gasteiger partial charge in [0.15, 0.2) is 0 Å². The van der Waals surface area contributed by atoms with Crippen molar-refractivity contribution < 1.29 is 10.3 Å². The number of nitrogens with zero attached hydrogens (tertiary/aromatic N) is 2. The van der Waals surface area contributed by atoms with Gasteiger partial charge < -0.3 is 10.4 Å². The zero-order valence-electron chi connectivity index (χ0n) is 11.4. The SMILES string of the molecule is O.O=C1C=CCC2C3CCCN4CCCC(CN12)C34. The first-order valence-corrected chi connectivity index (χ1v) is 7.56. The Balaban J connectivity index is 0.00000110. The predicted molar refractivity (Wildman–Crippen MR) is 73.7 cm³/mol. The fourth-order valence-corrected chi connectivity index (χ4v) is 4.95. The van der Waals surface area contributed by atoms with Gasteiger partial charge in [-0.1, -0.05) is 6.08 Å². The lowest BCUT2D eigenvalue weighted by atomic mass is 9.68. The van der Waals surface area contributed by atoms with Crippen LogP contribution in [-0.4, -0.2) is 52.9 Å². The van der Waals surface area contributed by atoms with Crippen LogP contribution >= 0.6 is 0 Å². The summed E-state index contributed by atoms with van der Waals surface area (Å²) in [7, 11) is 0. The second-order valence-electron chi connectivity index (χ2n) is 6.43. The molecular weight excluding hydrogens is 240 g/mol. The maximum absolute atomic E-state index is 12.1. The van der Waals surface area contributed by atoms with Crippen LogP contribution in [0.4, 0.5) is 0 Å². The maximum Gasteiger partial charge on any atom is 0.246 e. The number of piperidine rings is 3. The molecule has 4 heterocycles.